The Morgan fingerprint density at radius 1 is 1.12 bits per heavy atom. The summed E-state index contributed by atoms with van der Waals surface area (Å²) in [5, 5.41) is 0. The summed E-state index contributed by atoms with van der Waals surface area (Å²) in [7, 11) is 0. The van der Waals surface area contributed by atoms with E-state index in [1.165, 1.54) is 24.5 Å². The van der Waals surface area contributed by atoms with E-state index in [1.807, 2.05) is 24.3 Å². The van der Waals surface area contributed by atoms with Gasteiger partial charge in [0.1, 0.15) is 0 Å². The molecule has 0 aliphatic carbocycles. The van der Waals surface area contributed by atoms with Gasteiger partial charge in [0.25, 0.3) is 0 Å². The van der Waals surface area contributed by atoms with E-state index in [-0.39, 0.29) is 11.9 Å². The predicted molar refractivity (Wildman–Crippen MR) is 99.5 cm³/mol. The van der Waals surface area contributed by atoms with Crippen LogP contribution in [0.15, 0.2) is 54.9 Å². The van der Waals surface area contributed by atoms with Gasteiger partial charge in [-0.25, -0.2) is 14.8 Å². The highest BCUT2D eigenvalue weighted by Gasteiger charge is 2.08. The third kappa shape index (κ3) is 6.49. The number of esters is 1. The van der Waals surface area contributed by atoms with E-state index in [1.54, 1.807) is 12.4 Å². The lowest BCUT2D eigenvalue weighted by Crippen LogP contribution is -2.07. The molecule has 2 rings (SSSR count). The van der Waals surface area contributed by atoms with Crippen LogP contribution in [-0.2, 0) is 11.2 Å². The minimum Gasteiger partial charge on any atom is -0.388 e. The first-order chi connectivity index (χ1) is 12.2. The number of ether oxygens (including phenoxy) is 1. The molecule has 1 aromatic carbocycles. The quantitative estimate of drug-likeness (QED) is 0.372. The van der Waals surface area contributed by atoms with Crippen LogP contribution in [0, 0.1) is 0 Å². The predicted octanol–water partition coefficient (Wildman–Crippen LogP) is 4.86. The first kappa shape index (κ1) is 18.8. The second-order valence-electron chi connectivity index (χ2n) is 6.04. The lowest BCUT2D eigenvalue weighted by molar-refractivity contribution is -0.129. The van der Waals surface area contributed by atoms with Gasteiger partial charge in [-0.2, -0.15) is 0 Å². The van der Waals surface area contributed by atoms with Crippen LogP contribution in [0.5, 0.6) is 6.01 Å². The van der Waals surface area contributed by atoms with E-state index in [9.17, 15) is 4.79 Å². The minimum absolute atomic E-state index is 0.0988. The molecule has 1 heterocycles. The van der Waals surface area contributed by atoms with Gasteiger partial charge in [-0.3, -0.25) is 0 Å². The zero-order chi connectivity index (χ0) is 17.9. The van der Waals surface area contributed by atoms with Gasteiger partial charge in [0.2, 0.25) is 0 Å². The zero-order valence-electron chi connectivity index (χ0n) is 15.0. The summed E-state index contributed by atoms with van der Waals surface area (Å²) in [6.07, 6.45) is 12.2. The minimum atomic E-state index is -0.451. The molecule has 1 atom stereocenters. The second-order valence-corrected chi connectivity index (χ2v) is 6.04. The van der Waals surface area contributed by atoms with Crippen LogP contribution in [0.25, 0.3) is 0 Å². The van der Waals surface area contributed by atoms with Crippen molar-refractivity contribution >= 4 is 5.97 Å². The standard InChI is InChI=1S/C21H26N2O2/c1-3-5-7-10-17-15-22-21(23-16-17)25-20(24)14-13-18(4-2)19-11-8-6-9-12-19/h6,8-9,11-16,18H,3-5,7,10H2,1-2H3/b14-13+. The van der Waals surface area contributed by atoms with Crippen molar-refractivity contribution in [2.45, 2.75) is 51.9 Å². The van der Waals surface area contributed by atoms with Crippen LogP contribution in [0.2, 0.25) is 0 Å². The van der Waals surface area contributed by atoms with Crippen molar-refractivity contribution in [1.29, 1.82) is 0 Å². The SMILES string of the molecule is CCCCCc1cnc(OC(=O)/C=C/C(CC)c2ccccc2)nc1. The number of carbonyl (C=O) groups excluding carboxylic acids is 1. The zero-order valence-corrected chi connectivity index (χ0v) is 15.0. The number of nitrogens with zero attached hydrogens (tertiary/aromatic N) is 2. The summed E-state index contributed by atoms with van der Waals surface area (Å²) in [6.45, 7) is 4.27. The number of unbranched alkanes of at least 4 members (excludes halogenated alkanes) is 2. The van der Waals surface area contributed by atoms with Gasteiger partial charge in [0, 0.05) is 24.4 Å². The van der Waals surface area contributed by atoms with Crippen LogP contribution in [0.1, 0.15) is 56.6 Å². The number of carbonyl (C=O) groups is 1. The van der Waals surface area contributed by atoms with Gasteiger partial charge in [-0.15, -0.1) is 0 Å². The highest BCUT2D eigenvalue weighted by atomic mass is 16.5. The molecule has 4 nitrogen and oxygen atoms in total. The normalized spacial score (nSPS) is 12.2. The highest BCUT2D eigenvalue weighted by Crippen LogP contribution is 2.20. The molecule has 0 aliphatic heterocycles. The maximum absolute atomic E-state index is 12.0. The Morgan fingerprint density at radius 3 is 2.48 bits per heavy atom. The van der Waals surface area contributed by atoms with Gasteiger partial charge in [-0.05, 0) is 30.4 Å². The van der Waals surface area contributed by atoms with Crippen molar-refractivity contribution in [2.75, 3.05) is 0 Å². The molecule has 0 bridgehead atoms. The Labute approximate surface area is 150 Å². The number of hydrogen-bond acceptors (Lipinski definition) is 4. The molecule has 0 amide bonds. The lowest BCUT2D eigenvalue weighted by Gasteiger charge is -2.09. The average Bonchev–Trinajstić information content (AvgIpc) is 2.65. The number of aryl methyl sites for hydroxylation is 1. The molecule has 2 aromatic rings. The molecule has 4 heteroatoms. The Hall–Kier alpha value is -2.49. The van der Waals surface area contributed by atoms with Crippen LogP contribution in [0.3, 0.4) is 0 Å². The number of allylic oxidation sites excluding steroid dienone is 1. The third-order valence-corrected chi connectivity index (χ3v) is 4.07. The van der Waals surface area contributed by atoms with E-state index in [2.05, 4.69) is 35.9 Å². The Kier molecular flexibility index (Phi) is 7.83. The van der Waals surface area contributed by atoms with Gasteiger partial charge in [0.05, 0.1) is 0 Å². The van der Waals surface area contributed by atoms with Crippen molar-refractivity contribution in [1.82, 2.24) is 9.97 Å². The summed E-state index contributed by atoms with van der Waals surface area (Å²) in [5.41, 5.74) is 2.25. The molecule has 0 spiro atoms. The van der Waals surface area contributed by atoms with Crippen molar-refractivity contribution in [2.24, 2.45) is 0 Å². The van der Waals surface area contributed by atoms with E-state index in [4.69, 9.17) is 4.74 Å². The molecule has 0 radical (unpaired) electrons. The van der Waals surface area contributed by atoms with Crippen LogP contribution in [-0.4, -0.2) is 15.9 Å². The number of rotatable bonds is 9. The highest BCUT2D eigenvalue weighted by molar-refractivity contribution is 5.83. The molecular weight excluding hydrogens is 312 g/mol. The van der Waals surface area contributed by atoms with Crippen molar-refractivity contribution in [3.63, 3.8) is 0 Å². The van der Waals surface area contributed by atoms with Gasteiger partial charge < -0.3 is 4.74 Å². The van der Waals surface area contributed by atoms with Crippen molar-refractivity contribution < 1.29 is 9.53 Å². The number of aromatic nitrogens is 2. The summed E-state index contributed by atoms with van der Waals surface area (Å²) in [6, 6.07) is 10.2. The molecular formula is C21H26N2O2. The summed E-state index contributed by atoms with van der Waals surface area (Å²) >= 11 is 0. The Morgan fingerprint density at radius 2 is 1.84 bits per heavy atom. The topological polar surface area (TPSA) is 52.1 Å². The number of hydrogen-bond donors (Lipinski definition) is 0. The molecule has 132 valence electrons. The molecule has 0 fully saturated rings. The van der Waals surface area contributed by atoms with Crippen LogP contribution in [0.4, 0.5) is 0 Å². The fourth-order valence-electron chi connectivity index (χ4n) is 2.61. The lowest BCUT2D eigenvalue weighted by atomic mass is 9.96. The van der Waals surface area contributed by atoms with E-state index < -0.39 is 5.97 Å². The smallest absolute Gasteiger partial charge is 0.338 e. The summed E-state index contributed by atoms with van der Waals surface area (Å²) in [5.74, 6) is -0.260. The summed E-state index contributed by atoms with van der Waals surface area (Å²) in [4.78, 5) is 20.2. The fraction of sp³-hybridized carbons (Fsp3) is 0.381. The first-order valence-electron chi connectivity index (χ1n) is 8.98. The van der Waals surface area contributed by atoms with Crippen molar-refractivity contribution in [3.8, 4) is 6.01 Å². The largest absolute Gasteiger partial charge is 0.388 e. The third-order valence-electron chi connectivity index (χ3n) is 4.07. The maximum atomic E-state index is 12.0. The number of benzene rings is 1. The van der Waals surface area contributed by atoms with Crippen molar-refractivity contribution in [3.05, 3.63) is 66.0 Å². The molecule has 0 saturated carbocycles. The van der Waals surface area contributed by atoms with E-state index in [0.29, 0.717) is 0 Å². The summed E-state index contributed by atoms with van der Waals surface area (Å²) < 4.78 is 5.18. The Balaban J connectivity index is 1.88. The van der Waals surface area contributed by atoms with Gasteiger partial charge in [0.15, 0.2) is 0 Å². The molecule has 1 unspecified atom stereocenters. The maximum Gasteiger partial charge on any atom is 0.338 e. The van der Waals surface area contributed by atoms with Crippen LogP contribution >= 0.6 is 0 Å². The molecule has 0 saturated heterocycles. The Bertz CT molecular complexity index is 666. The van der Waals surface area contributed by atoms with Crippen LogP contribution < -0.4 is 4.74 Å². The van der Waals surface area contributed by atoms with Gasteiger partial charge in [-0.1, -0.05) is 63.1 Å². The van der Waals surface area contributed by atoms with E-state index in [0.717, 1.165) is 24.8 Å². The monoisotopic (exact) mass is 338 g/mol. The molecule has 25 heavy (non-hydrogen) atoms. The van der Waals surface area contributed by atoms with E-state index >= 15 is 0 Å². The molecule has 1 aromatic heterocycles. The second kappa shape index (κ2) is 10.4. The van der Waals surface area contributed by atoms with Gasteiger partial charge >= 0.3 is 12.0 Å². The first-order valence-corrected chi connectivity index (χ1v) is 8.98. The molecule has 0 N–H and O–H groups in total. The average molecular weight is 338 g/mol. The fourth-order valence-corrected chi connectivity index (χ4v) is 2.61. The molecule has 0 aliphatic rings.